The SMILES string of the molecule is COc1ccc(CCn2c(CCN3C(=O)c4ccccc4C3=O)nc3cc(S(C)(=O)=O)ccc3c2=O)cc1OC. The van der Waals surface area contributed by atoms with E-state index < -0.39 is 21.7 Å². The molecule has 4 aromatic rings. The second kappa shape index (κ2) is 10.6. The fraction of sp³-hybridized carbons (Fsp3) is 0.241. The van der Waals surface area contributed by atoms with E-state index in [1.165, 1.54) is 22.8 Å². The maximum Gasteiger partial charge on any atom is 0.261 e. The molecule has 0 saturated carbocycles. The Morgan fingerprint density at radius 3 is 2.10 bits per heavy atom. The number of methoxy groups -OCH3 is 2. The predicted molar refractivity (Wildman–Crippen MR) is 148 cm³/mol. The lowest BCUT2D eigenvalue weighted by atomic mass is 10.1. The summed E-state index contributed by atoms with van der Waals surface area (Å²) >= 11 is 0. The lowest BCUT2D eigenvalue weighted by molar-refractivity contribution is 0.0655. The molecule has 0 atom stereocenters. The predicted octanol–water partition coefficient (Wildman–Crippen LogP) is 2.90. The van der Waals surface area contributed by atoms with Crippen molar-refractivity contribution in [1.82, 2.24) is 14.5 Å². The number of carbonyl (C=O) groups is 2. The van der Waals surface area contributed by atoms with Gasteiger partial charge in [0.05, 0.1) is 41.1 Å². The van der Waals surface area contributed by atoms with Gasteiger partial charge in [0.25, 0.3) is 17.4 Å². The first-order valence-electron chi connectivity index (χ1n) is 12.5. The molecule has 5 rings (SSSR count). The monoisotopic (exact) mass is 561 g/mol. The highest BCUT2D eigenvalue weighted by molar-refractivity contribution is 7.90. The number of hydrogen-bond acceptors (Lipinski definition) is 8. The number of ether oxygens (including phenoxy) is 2. The molecule has 0 saturated heterocycles. The summed E-state index contributed by atoms with van der Waals surface area (Å²) < 4.78 is 36.5. The standard InChI is InChI=1S/C29H27N3O7S/c1-38-24-11-8-18(16-25(24)39-2)12-14-31-26(13-15-32-27(33)20-6-4-5-7-21(20)28(32)34)30-23-17-19(40(3,36)37)9-10-22(23)29(31)35/h4-11,16-17H,12-15H2,1-3H3. The van der Waals surface area contributed by atoms with Crippen LogP contribution in [0.4, 0.5) is 0 Å². The zero-order chi connectivity index (χ0) is 28.6. The zero-order valence-corrected chi connectivity index (χ0v) is 23.0. The Morgan fingerprint density at radius 1 is 0.800 bits per heavy atom. The third kappa shape index (κ3) is 4.95. The van der Waals surface area contributed by atoms with Gasteiger partial charge in [0.1, 0.15) is 5.82 Å². The van der Waals surface area contributed by atoms with E-state index in [0.717, 1.165) is 16.7 Å². The Bertz CT molecular complexity index is 1790. The van der Waals surface area contributed by atoms with Crippen molar-refractivity contribution in [1.29, 1.82) is 0 Å². The Morgan fingerprint density at radius 2 is 1.48 bits per heavy atom. The average Bonchev–Trinajstić information content (AvgIpc) is 3.19. The summed E-state index contributed by atoms with van der Waals surface area (Å²) in [5.74, 6) is 0.669. The minimum atomic E-state index is -3.53. The summed E-state index contributed by atoms with van der Waals surface area (Å²) in [5.41, 5.74) is 1.45. The van der Waals surface area contributed by atoms with Crippen molar-refractivity contribution in [3.05, 3.63) is 93.5 Å². The molecule has 0 N–H and O–H groups in total. The quantitative estimate of drug-likeness (QED) is 0.286. The number of imide groups is 1. The topological polar surface area (TPSA) is 125 Å². The van der Waals surface area contributed by atoms with E-state index in [0.29, 0.717) is 34.9 Å². The van der Waals surface area contributed by atoms with Crippen molar-refractivity contribution in [2.45, 2.75) is 24.3 Å². The highest BCUT2D eigenvalue weighted by Gasteiger charge is 2.35. The van der Waals surface area contributed by atoms with Crippen LogP contribution >= 0.6 is 0 Å². The van der Waals surface area contributed by atoms with Crippen LogP contribution in [0.25, 0.3) is 10.9 Å². The number of sulfone groups is 1. The molecule has 40 heavy (non-hydrogen) atoms. The summed E-state index contributed by atoms with van der Waals surface area (Å²) in [6.07, 6.45) is 1.64. The van der Waals surface area contributed by atoms with Crippen molar-refractivity contribution < 1.29 is 27.5 Å². The Labute approximate surface area is 230 Å². The number of hydrogen-bond donors (Lipinski definition) is 0. The van der Waals surface area contributed by atoms with Gasteiger partial charge in [0.2, 0.25) is 0 Å². The summed E-state index contributed by atoms with van der Waals surface area (Å²) in [7, 11) is -0.435. The van der Waals surface area contributed by atoms with Crippen molar-refractivity contribution in [3.8, 4) is 11.5 Å². The first kappa shape index (κ1) is 27.1. The number of fused-ring (bicyclic) bond motifs is 2. The van der Waals surface area contributed by atoms with Crippen molar-refractivity contribution >= 4 is 32.6 Å². The number of nitrogens with zero attached hydrogens (tertiary/aromatic N) is 3. The van der Waals surface area contributed by atoms with E-state index in [-0.39, 0.29) is 40.9 Å². The second-order valence-electron chi connectivity index (χ2n) is 9.43. The maximum absolute atomic E-state index is 13.6. The minimum absolute atomic E-state index is 0.00637. The van der Waals surface area contributed by atoms with Gasteiger partial charge in [-0.15, -0.1) is 0 Å². The molecule has 0 unspecified atom stereocenters. The van der Waals surface area contributed by atoms with Gasteiger partial charge >= 0.3 is 0 Å². The molecule has 0 aliphatic carbocycles. The van der Waals surface area contributed by atoms with E-state index in [1.54, 1.807) is 44.6 Å². The number of aromatic nitrogens is 2. The van der Waals surface area contributed by atoms with Crippen LogP contribution in [0.3, 0.4) is 0 Å². The van der Waals surface area contributed by atoms with Crippen LogP contribution in [0.5, 0.6) is 11.5 Å². The van der Waals surface area contributed by atoms with Gasteiger partial charge in [-0.05, 0) is 54.4 Å². The summed E-state index contributed by atoms with van der Waals surface area (Å²) in [6, 6.07) is 16.3. The van der Waals surface area contributed by atoms with Crippen LogP contribution in [0.15, 0.2) is 70.4 Å². The van der Waals surface area contributed by atoms with E-state index in [2.05, 4.69) is 4.98 Å². The van der Waals surface area contributed by atoms with Gasteiger partial charge < -0.3 is 9.47 Å². The maximum atomic E-state index is 13.6. The van der Waals surface area contributed by atoms with Crippen molar-refractivity contribution in [3.63, 3.8) is 0 Å². The molecule has 2 amide bonds. The number of aryl methyl sites for hydroxylation is 1. The molecule has 1 aliphatic heterocycles. The summed E-state index contributed by atoms with van der Waals surface area (Å²) in [4.78, 5) is 45.3. The van der Waals surface area contributed by atoms with Crippen LogP contribution in [-0.2, 0) is 29.2 Å². The highest BCUT2D eigenvalue weighted by atomic mass is 32.2. The third-order valence-corrected chi connectivity index (χ3v) is 8.05. The fourth-order valence-electron chi connectivity index (χ4n) is 4.83. The summed E-state index contributed by atoms with van der Waals surface area (Å²) in [6.45, 7) is 0.259. The molecule has 10 nitrogen and oxygen atoms in total. The van der Waals surface area contributed by atoms with Gasteiger partial charge in [-0.2, -0.15) is 0 Å². The van der Waals surface area contributed by atoms with Crippen LogP contribution in [0.2, 0.25) is 0 Å². The van der Waals surface area contributed by atoms with E-state index in [1.807, 2.05) is 12.1 Å². The van der Waals surface area contributed by atoms with E-state index >= 15 is 0 Å². The molecule has 0 fully saturated rings. The normalized spacial score (nSPS) is 13.1. The fourth-order valence-corrected chi connectivity index (χ4v) is 5.47. The van der Waals surface area contributed by atoms with Crippen LogP contribution in [-0.4, -0.2) is 61.7 Å². The molecule has 2 heterocycles. The Kier molecular flexibility index (Phi) is 7.16. The van der Waals surface area contributed by atoms with Crippen molar-refractivity contribution in [2.75, 3.05) is 27.0 Å². The number of carbonyl (C=O) groups excluding carboxylic acids is 2. The second-order valence-corrected chi connectivity index (χ2v) is 11.4. The van der Waals surface area contributed by atoms with Crippen LogP contribution < -0.4 is 15.0 Å². The first-order chi connectivity index (χ1) is 19.1. The molecule has 1 aliphatic rings. The van der Waals surface area contributed by atoms with E-state index in [9.17, 15) is 22.8 Å². The molecule has 11 heteroatoms. The molecular weight excluding hydrogens is 534 g/mol. The molecule has 206 valence electrons. The average molecular weight is 562 g/mol. The van der Waals surface area contributed by atoms with Crippen molar-refractivity contribution in [2.24, 2.45) is 0 Å². The molecular formula is C29H27N3O7S. The van der Waals surface area contributed by atoms with Gasteiger partial charge in [0.15, 0.2) is 21.3 Å². The Balaban J connectivity index is 1.51. The number of benzene rings is 3. The lowest BCUT2D eigenvalue weighted by Crippen LogP contribution is -2.34. The first-order valence-corrected chi connectivity index (χ1v) is 14.4. The van der Waals surface area contributed by atoms with Crippen LogP contribution in [0, 0.1) is 0 Å². The van der Waals surface area contributed by atoms with Gasteiger partial charge in [-0.1, -0.05) is 18.2 Å². The van der Waals surface area contributed by atoms with Gasteiger partial charge in [-0.25, -0.2) is 13.4 Å². The van der Waals surface area contributed by atoms with Gasteiger partial charge in [0, 0.05) is 25.8 Å². The molecule has 3 aromatic carbocycles. The lowest BCUT2D eigenvalue weighted by Gasteiger charge is -2.18. The smallest absolute Gasteiger partial charge is 0.261 e. The van der Waals surface area contributed by atoms with Gasteiger partial charge in [-0.3, -0.25) is 23.9 Å². The molecule has 0 radical (unpaired) electrons. The number of rotatable bonds is 9. The minimum Gasteiger partial charge on any atom is -0.493 e. The molecule has 0 bridgehead atoms. The highest BCUT2D eigenvalue weighted by Crippen LogP contribution is 2.28. The zero-order valence-electron chi connectivity index (χ0n) is 22.2. The molecule has 0 spiro atoms. The Hall–Kier alpha value is -4.51. The largest absolute Gasteiger partial charge is 0.493 e. The third-order valence-electron chi connectivity index (χ3n) is 6.94. The van der Waals surface area contributed by atoms with E-state index in [4.69, 9.17) is 9.47 Å². The molecule has 1 aromatic heterocycles. The summed E-state index contributed by atoms with van der Waals surface area (Å²) in [5, 5.41) is 0.268. The van der Waals surface area contributed by atoms with Crippen LogP contribution in [0.1, 0.15) is 32.1 Å². The number of amides is 2.